The minimum atomic E-state index is 0.617. The lowest BCUT2D eigenvalue weighted by atomic mass is 9.90. The zero-order valence-corrected chi connectivity index (χ0v) is 28.6. The molecule has 2 aromatic heterocycles. The monoisotopic (exact) mass is 674 g/mol. The van der Waals surface area contributed by atoms with Gasteiger partial charge in [0.05, 0.1) is 11.2 Å². The van der Waals surface area contributed by atoms with Gasteiger partial charge >= 0.3 is 0 Å². The first-order valence-corrected chi connectivity index (χ1v) is 18.0. The molecule has 0 atom stereocenters. The fourth-order valence-electron chi connectivity index (χ4n) is 8.12. The number of benzene rings is 9. The molecule has 2 heterocycles. The van der Waals surface area contributed by atoms with Crippen molar-refractivity contribution in [1.29, 1.82) is 0 Å². The summed E-state index contributed by atoms with van der Waals surface area (Å²) in [6, 6.07) is 64.8. The fourth-order valence-corrected chi connectivity index (χ4v) is 8.12. The van der Waals surface area contributed by atoms with Crippen LogP contribution in [0.4, 0.5) is 0 Å². The molecule has 0 saturated carbocycles. The van der Waals surface area contributed by atoms with Gasteiger partial charge in [0.2, 0.25) is 5.89 Å². The third-order valence-corrected chi connectivity index (χ3v) is 10.7. The van der Waals surface area contributed by atoms with Gasteiger partial charge in [-0.1, -0.05) is 127 Å². The minimum absolute atomic E-state index is 0.617. The van der Waals surface area contributed by atoms with Crippen LogP contribution in [-0.4, -0.2) is 9.97 Å². The second-order valence-electron chi connectivity index (χ2n) is 13.7. The Bertz CT molecular complexity index is 3200. The Kier molecular flexibility index (Phi) is 6.55. The Morgan fingerprint density at radius 2 is 0.849 bits per heavy atom. The summed E-state index contributed by atoms with van der Waals surface area (Å²) < 4.78 is 6.13. The van der Waals surface area contributed by atoms with E-state index in [2.05, 4.69) is 158 Å². The molecule has 53 heavy (non-hydrogen) atoms. The predicted octanol–water partition coefficient (Wildman–Crippen LogP) is 13.7. The third-order valence-electron chi connectivity index (χ3n) is 10.7. The van der Waals surface area contributed by atoms with Crippen LogP contribution in [-0.2, 0) is 0 Å². The smallest absolute Gasteiger partial charge is 0.227 e. The van der Waals surface area contributed by atoms with Crippen molar-refractivity contribution in [3.8, 4) is 45.0 Å². The van der Waals surface area contributed by atoms with Crippen LogP contribution in [0.1, 0.15) is 0 Å². The van der Waals surface area contributed by atoms with Gasteiger partial charge in [-0.2, -0.15) is 0 Å². The maximum Gasteiger partial charge on any atom is 0.227 e. The van der Waals surface area contributed by atoms with Crippen molar-refractivity contribution in [2.45, 2.75) is 0 Å². The molecule has 0 bridgehead atoms. The van der Waals surface area contributed by atoms with Crippen LogP contribution < -0.4 is 0 Å². The molecule has 0 radical (unpaired) electrons. The van der Waals surface area contributed by atoms with Crippen molar-refractivity contribution in [1.82, 2.24) is 9.97 Å². The SMILES string of the molecule is c1ccc2c(c1)cc(-c1ccc3nc(-c4cc5ccccc5c5ccccc45)cc(-c4ccc(-c5nc6ccccc6o5)cc4)c3c1)c1ccccc12. The normalized spacial score (nSPS) is 11.8. The number of nitrogens with zero attached hydrogens (tertiary/aromatic N) is 2. The Morgan fingerprint density at radius 3 is 1.55 bits per heavy atom. The van der Waals surface area contributed by atoms with Gasteiger partial charge in [-0.05, 0) is 120 Å². The van der Waals surface area contributed by atoms with E-state index >= 15 is 0 Å². The number of oxazole rings is 1. The summed E-state index contributed by atoms with van der Waals surface area (Å²) in [7, 11) is 0. The molecule has 11 rings (SSSR count). The molecule has 3 nitrogen and oxygen atoms in total. The highest BCUT2D eigenvalue weighted by Crippen LogP contribution is 2.41. The number of fused-ring (bicyclic) bond motifs is 8. The Labute approximate surface area is 305 Å². The summed E-state index contributed by atoms with van der Waals surface area (Å²) in [6.07, 6.45) is 0. The number of para-hydroxylation sites is 2. The Morgan fingerprint density at radius 1 is 0.321 bits per heavy atom. The van der Waals surface area contributed by atoms with E-state index in [0.717, 1.165) is 55.5 Å². The van der Waals surface area contributed by atoms with Gasteiger partial charge < -0.3 is 4.42 Å². The van der Waals surface area contributed by atoms with Gasteiger partial charge in [-0.25, -0.2) is 9.97 Å². The molecule has 9 aromatic carbocycles. The maximum absolute atomic E-state index is 6.13. The van der Waals surface area contributed by atoms with E-state index in [9.17, 15) is 0 Å². The summed E-state index contributed by atoms with van der Waals surface area (Å²) in [6.45, 7) is 0. The molecule has 246 valence electrons. The number of rotatable bonds is 4. The lowest BCUT2D eigenvalue weighted by Crippen LogP contribution is -1.93. The first-order valence-electron chi connectivity index (χ1n) is 18.0. The summed E-state index contributed by atoms with van der Waals surface area (Å²) >= 11 is 0. The van der Waals surface area contributed by atoms with Crippen LogP contribution in [0.3, 0.4) is 0 Å². The highest BCUT2D eigenvalue weighted by Gasteiger charge is 2.17. The Hall–Kier alpha value is -7.10. The standard InChI is InChI=1S/C50H30N2O/c1-3-13-36-33(11-1)27-42(40-17-7-5-15-38(36)40)35-25-26-46-45(29-35)43(31-21-23-32(24-22-31)50-52-47-19-9-10-20-49(47)53-50)30-48(51-46)44-28-34-12-2-4-14-37(34)39-16-6-8-18-41(39)44/h1-30H. The van der Waals surface area contributed by atoms with Gasteiger partial charge in [0.15, 0.2) is 5.58 Å². The van der Waals surface area contributed by atoms with Crippen molar-refractivity contribution < 1.29 is 4.42 Å². The third kappa shape index (κ3) is 4.82. The van der Waals surface area contributed by atoms with Gasteiger partial charge in [0, 0.05) is 16.5 Å². The zero-order chi connectivity index (χ0) is 34.9. The molecule has 0 saturated heterocycles. The average molecular weight is 675 g/mol. The van der Waals surface area contributed by atoms with Crippen LogP contribution in [0, 0.1) is 0 Å². The molecular weight excluding hydrogens is 645 g/mol. The molecule has 0 unspecified atom stereocenters. The van der Waals surface area contributed by atoms with Crippen LogP contribution in [0.15, 0.2) is 186 Å². The minimum Gasteiger partial charge on any atom is -0.436 e. The second-order valence-corrected chi connectivity index (χ2v) is 13.7. The summed E-state index contributed by atoms with van der Waals surface area (Å²) in [5, 5.41) is 11.0. The average Bonchev–Trinajstić information content (AvgIpc) is 3.67. The molecule has 11 aromatic rings. The van der Waals surface area contributed by atoms with Crippen LogP contribution in [0.2, 0.25) is 0 Å². The summed E-state index contributed by atoms with van der Waals surface area (Å²) in [4.78, 5) is 10.2. The fraction of sp³-hybridized carbons (Fsp3) is 0. The van der Waals surface area contributed by atoms with E-state index in [1.54, 1.807) is 0 Å². The highest BCUT2D eigenvalue weighted by atomic mass is 16.3. The molecule has 0 aliphatic carbocycles. The second kappa shape index (κ2) is 11.7. The first kappa shape index (κ1) is 29.6. The summed E-state index contributed by atoms with van der Waals surface area (Å²) in [5.74, 6) is 0.617. The van der Waals surface area contributed by atoms with Gasteiger partial charge in [0.25, 0.3) is 0 Å². The maximum atomic E-state index is 6.13. The topological polar surface area (TPSA) is 38.9 Å². The lowest BCUT2D eigenvalue weighted by Gasteiger charge is -2.16. The molecule has 0 spiro atoms. The van der Waals surface area contributed by atoms with Crippen LogP contribution in [0.5, 0.6) is 0 Å². The molecular formula is C50H30N2O. The molecule has 0 aliphatic heterocycles. The van der Waals surface area contributed by atoms with Gasteiger partial charge in [0.1, 0.15) is 5.52 Å². The van der Waals surface area contributed by atoms with E-state index < -0.39 is 0 Å². The Balaban J connectivity index is 1.15. The largest absolute Gasteiger partial charge is 0.436 e. The van der Waals surface area contributed by atoms with Crippen molar-refractivity contribution in [3.63, 3.8) is 0 Å². The summed E-state index contributed by atoms with van der Waals surface area (Å²) in [5.41, 5.74) is 10.2. The molecule has 0 amide bonds. The van der Waals surface area contributed by atoms with Crippen molar-refractivity contribution >= 4 is 65.1 Å². The molecule has 0 aliphatic rings. The van der Waals surface area contributed by atoms with E-state index in [1.807, 2.05) is 24.3 Å². The van der Waals surface area contributed by atoms with E-state index in [0.29, 0.717) is 5.89 Å². The van der Waals surface area contributed by atoms with Crippen LogP contribution in [0.25, 0.3) is 110 Å². The number of hydrogen-bond donors (Lipinski definition) is 0. The zero-order valence-electron chi connectivity index (χ0n) is 28.6. The van der Waals surface area contributed by atoms with Gasteiger partial charge in [-0.3, -0.25) is 0 Å². The molecule has 0 N–H and O–H groups in total. The lowest BCUT2D eigenvalue weighted by molar-refractivity contribution is 0.620. The van der Waals surface area contributed by atoms with E-state index in [4.69, 9.17) is 14.4 Å². The highest BCUT2D eigenvalue weighted by molar-refractivity contribution is 6.16. The van der Waals surface area contributed by atoms with Crippen molar-refractivity contribution in [2.24, 2.45) is 0 Å². The number of pyridine rings is 1. The van der Waals surface area contributed by atoms with Gasteiger partial charge in [-0.15, -0.1) is 0 Å². The molecule has 3 heteroatoms. The van der Waals surface area contributed by atoms with Crippen molar-refractivity contribution in [2.75, 3.05) is 0 Å². The van der Waals surface area contributed by atoms with E-state index in [1.165, 1.54) is 48.7 Å². The first-order chi connectivity index (χ1) is 26.2. The van der Waals surface area contributed by atoms with Crippen LogP contribution >= 0.6 is 0 Å². The number of aromatic nitrogens is 2. The van der Waals surface area contributed by atoms with Crippen molar-refractivity contribution in [3.05, 3.63) is 182 Å². The van der Waals surface area contributed by atoms with E-state index in [-0.39, 0.29) is 0 Å². The number of hydrogen-bond acceptors (Lipinski definition) is 3. The predicted molar refractivity (Wildman–Crippen MR) is 221 cm³/mol. The quantitative estimate of drug-likeness (QED) is 0.174. The molecule has 0 fully saturated rings.